The summed E-state index contributed by atoms with van der Waals surface area (Å²) < 4.78 is 0. The highest BCUT2D eigenvalue weighted by Gasteiger charge is 2.23. The SMILES string of the molecule is CCN(c1ccc(Cl)cc1CN)C1CCCC1. The van der Waals surface area contributed by atoms with Gasteiger partial charge < -0.3 is 10.6 Å². The lowest BCUT2D eigenvalue weighted by Gasteiger charge is -2.31. The first-order valence-corrected chi connectivity index (χ1v) is 6.89. The Morgan fingerprint density at radius 3 is 2.65 bits per heavy atom. The second-order valence-corrected chi connectivity index (χ2v) is 5.14. The van der Waals surface area contributed by atoms with Crippen LogP contribution in [-0.4, -0.2) is 12.6 Å². The molecule has 0 saturated heterocycles. The largest absolute Gasteiger partial charge is 0.369 e. The first kappa shape index (κ1) is 12.7. The van der Waals surface area contributed by atoms with Crippen LogP contribution in [0.25, 0.3) is 0 Å². The molecule has 0 radical (unpaired) electrons. The number of benzene rings is 1. The Bertz CT molecular complexity index is 372. The zero-order chi connectivity index (χ0) is 12.3. The third kappa shape index (κ3) is 2.75. The van der Waals surface area contributed by atoms with Crippen molar-refractivity contribution in [1.82, 2.24) is 0 Å². The van der Waals surface area contributed by atoms with Crippen LogP contribution in [-0.2, 0) is 6.54 Å². The molecule has 2 nitrogen and oxygen atoms in total. The molecule has 0 aromatic heterocycles. The molecule has 1 aromatic carbocycles. The van der Waals surface area contributed by atoms with Crippen LogP contribution in [0.2, 0.25) is 5.02 Å². The average Bonchev–Trinajstić information content (AvgIpc) is 2.85. The fourth-order valence-corrected chi connectivity index (χ4v) is 3.03. The molecule has 2 N–H and O–H groups in total. The smallest absolute Gasteiger partial charge is 0.0415 e. The zero-order valence-electron chi connectivity index (χ0n) is 10.5. The van der Waals surface area contributed by atoms with Crippen LogP contribution in [0, 0.1) is 0 Å². The number of nitrogens with zero attached hydrogens (tertiary/aromatic N) is 1. The van der Waals surface area contributed by atoms with Crippen molar-refractivity contribution in [3.8, 4) is 0 Å². The summed E-state index contributed by atoms with van der Waals surface area (Å²) in [7, 11) is 0. The van der Waals surface area contributed by atoms with E-state index in [0.717, 1.165) is 17.1 Å². The molecule has 1 fully saturated rings. The molecule has 1 aliphatic rings. The Balaban J connectivity index is 2.29. The maximum atomic E-state index is 6.03. The molecular formula is C14H21ClN2. The lowest BCUT2D eigenvalue weighted by atomic mass is 10.1. The predicted molar refractivity (Wildman–Crippen MR) is 74.6 cm³/mol. The number of hydrogen-bond acceptors (Lipinski definition) is 2. The Morgan fingerprint density at radius 2 is 2.06 bits per heavy atom. The monoisotopic (exact) mass is 252 g/mol. The van der Waals surface area contributed by atoms with Gasteiger partial charge in [0.05, 0.1) is 0 Å². The van der Waals surface area contributed by atoms with Gasteiger partial charge in [-0.05, 0) is 43.5 Å². The molecule has 2 rings (SSSR count). The molecule has 0 unspecified atom stereocenters. The van der Waals surface area contributed by atoms with Crippen LogP contribution in [0.5, 0.6) is 0 Å². The van der Waals surface area contributed by atoms with Gasteiger partial charge in [0.15, 0.2) is 0 Å². The molecule has 1 aliphatic carbocycles. The van der Waals surface area contributed by atoms with Gasteiger partial charge in [-0.2, -0.15) is 0 Å². The summed E-state index contributed by atoms with van der Waals surface area (Å²) in [5, 5.41) is 0.775. The van der Waals surface area contributed by atoms with Gasteiger partial charge in [-0.25, -0.2) is 0 Å². The van der Waals surface area contributed by atoms with Crippen molar-refractivity contribution in [2.24, 2.45) is 5.73 Å². The standard InChI is InChI=1S/C14H21ClN2/c1-2-17(13-5-3-4-6-13)14-8-7-12(15)9-11(14)10-16/h7-9,13H,2-6,10,16H2,1H3. The van der Waals surface area contributed by atoms with E-state index in [4.69, 9.17) is 17.3 Å². The molecule has 94 valence electrons. The van der Waals surface area contributed by atoms with Crippen LogP contribution >= 0.6 is 11.6 Å². The van der Waals surface area contributed by atoms with Crippen LogP contribution in [0.1, 0.15) is 38.2 Å². The Labute approximate surface area is 109 Å². The van der Waals surface area contributed by atoms with E-state index >= 15 is 0 Å². The van der Waals surface area contributed by atoms with Crippen molar-refractivity contribution >= 4 is 17.3 Å². The van der Waals surface area contributed by atoms with Crippen molar-refractivity contribution in [1.29, 1.82) is 0 Å². The lowest BCUT2D eigenvalue weighted by Crippen LogP contribution is -2.33. The average molecular weight is 253 g/mol. The van der Waals surface area contributed by atoms with Crippen molar-refractivity contribution in [3.05, 3.63) is 28.8 Å². The van der Waals surface area contributed by atoms with E-state index < -0.39 is 0 Å². The molecule has 0 bridgehead atoms. The first-order chi connectivity index (χ1) is 8.26. The van der Waals surface area contributed by atoms with E-state index in [-0.39, 0.29) is 0 Å². The van der Waals surface area contributed by atoms with Gasteiger partial charge >= 0.3 is 0 Å². The molecule has 0 heterocycles. The highest BCUT2D eigenvalue weighted by molar-refractivity contribution is 6.30. The normalized spacial score (nSPS) is 16.4. The number of hydrogen-bond donors (Lipinski definition) is 1. The predicted octanol–water partition coefficient (Wildman–Crippen LogP) is 3.57. The molecule has 0 spiro atoms. The molecule has 17 heavy (non-hydrogen) atoms. The minimum absolute atomic E-state index is 0.555. The van der Waals surface area contributed by atoms with Crippen LogP contribution in [0.3, 0.4) is 0 Å². The van der Waals surface area contributed by atoms with Gasteiger partial charge in [0.25, 0.3) is 0 Å². The topological polar surface area (TPSA) is 29.3 Å². The summed E-state index contributed by atoms with van der Waals surface area (Å²) in [6, 6.07) is 6.76. The summed E-state index contributed by atoms with van der Waals surface area (Å²) in [6.07, 6.45) is 5.32. The summed E-state index contributed by atoms with van der Waals surface area (Å²) in [4.78, 5) is 2.49. The van der Waals surface area contributed by atoms with Crippen LogP contribution < -0.4 is 10.6 Å². The quantitative estimate of drug-likeness (QED) is 0.888. The summed E-state index contributed by atoms with van der Waals surface area (Å²) in [5.41, 5.74) is 8.25. The van der Waals surface area contributed by atoms with Crippen molar-refractivity contribution in [3.63, 3.8) is 0 Å². The van der Waals surface area contributed by atoms with Crippen molar-refractivity contribution in [2.45, 2.75) is 45.2 Å². The molecule has 0 amide bonds. The Hall–Kier alpha value is -0.730. The highest BCUT2D eigenvalue weighted by Crippen LogP contribution is 2.31. The number of anilines is 1. The third-order valence-electron chi connectivity index (χ3n) is 3.68. The van der Waals surface area contributed by atoms with E-state index in [0.29, 0.717) is 12.6 Å². The second kappa shape index (κ2) is 5.74. The number of rotatable bonds is 4. The molecule has 3 heteroatoms. The molecule has 1 aromatic rings. The van der Waals surface area contributed by atoms with Crippen LogP contribution in [0.15, 0.2) is 18.2 Å². The fraction of sp³-hybridized carbons (Fsp3) is 0.571. The zero-order valence-corrected chi connectivity index (χ0v) is 11.2. The summed E-state index contributed by atoms with van der Waals surface area (Å²) in [5.74, 6) is 0. The molecular weight excluding hydrogens is 232 g/mol. The van der Waals surface area contributed by atoms with Gasteiger partial charge in [-0.3, -0.25) is 0 Å². The van der Waals surface area contributed by atoms with E-state index in [9.17, 15) is 0 Å². The summed E-state index contributed by atoms with van der Waals surface area (Å²) in [6.45, 7) is 3.81. The second-order valence-electron chi connectivity index (χ2n) is 4.70. The Kier molecular flexibility index (Phi) is 4.30. The molecule has 0 aliphatic heterocycles. The lowest BCUT2D eigenvalue weighted by molar-refractivity contribution is 0.617. The number of nitrogens with two attached hydrogens (primary N) is 1. The highest BCUT2D eigenvalue weighted by atomic mass is 35.5. The van der Waals surface area contributed by atoms with Gasteiger partial charge in [0, 0.05) is 29.8 Å². The van der Waals surface area contributed by atoms with Crippen LogP contribution in [0.4, 0.5) is 5.69 Å². The Morgan fingerprint density at radius 1 is 1.35 bits per heavy atom. The minimum atomic E-state index is 0.555. The molecule has 1 saturated carbocycles. The summed E-state index contributed by atoms with van der Waals surface area (Å²) >= 11 is 6.03. The maximum absolute atomic E-state index is 6.03. The van der Waals surface area contributed by atoms with Gasteiger partial charge in [-0.15, -0.1) is 0 Å². The maximum Gasteiger partial charge on any atom is 0.0415 e. The van der Waals surface area contributed by atoms with Gasteiger partial charge in [0.2, 0.25) is 0 Å². The number of halogens is 1. The fourth-order valence-electron chi connectivity index (χ4n) is 2.84. The van der Waals surface area contributed by atoms with E-state index in [1.807, 2.05) is 12.1 Å². The minimum Gasteiger partial charge on any atom is -0.369 e. The van der Waals surface area contributed by atoms with Crippen molar-refractivity contribution in [2.75, 3.05) is 11.4 Å². The van der Waals surface area contributed by atoms with E-state index in [2.05, 4.69) is 17.9 Å². The van der Waals surface area contributed by atoms with Gasteiger partial charge in [-0.1, -0.05) is 24.4 Å². The van der Waals surface area contributed by atoms with E-state index in [1.165, 1.54) is 31.4 Å². The first-order valence-electron chi connectivity index (χ1n) is 6.51. The van der Waals surface area contributed by atoms with E-state index in [1.54, 1.807) is 0 Å². The molecule has 0 atom stereocenters. The third-order valence-corrected chi connectivity index (χ3v) is 3.91. The van der Waals surface area contributed by atoms with Gasteiger partial charge in [0.1, 0.15) is 0 Å². The van der Waals surface area contributed by atoms with Crippen molar-refractivity contribution < 1.29 is 0 Å².